The van der Waals surface area contributed by atoms with Gasteiger partial charge in [0.1, 0.15) is 18.0 Å². The molecule has 2 aromatic rings. The van der Waals surface area contributed by atoms with E-state index in [2.05, 4.69) is 24.9 Å². The monoisotopic (exact) mass is 326 g/mol. The molecule has 126 valence electrons. The lowest BCUT2D eigenvalue weighted by Gasteiger charge is -2.39. The molecule has 24 heavy (non-hydrogen) atoms. The molecule has 2 aromatic heterocycles. The molecule has 3 heterocycles. The summed E-state index contributed by atoms with van der Waals surface area (Å²) in [5.41, 5.74) is -0.0719. The van der Waals surface area contributed by atoms with E-state index in [9.17, 15) is 4.79 Å². The number of aromatic nitrogens is 4. The van der Waals surface area contributed by atoms with E-state index in [1.54, 1.807) is 19.4 Å². The Morgan fingerprint density at radius 2 is 1.83 bits per heavy atom. The van der Waals surface area contributed by atoms with Crippen molar-refractivity contribution in [1.29, 1.82) is 0 Å². The van der Waals surface area contributed by atoms with Gasteiger partial charge in [-0.2, -0.15) is 5.10 Å². The molecule has 0 radical (unpaired) electrons. The van der Waals surface area contributed by atoms with Crippen molar-refractivity contribution in [3.05, 3.63) is 41.1 Å². The SMILES string of the molecule is Cn1nc(N2CCC(N(c3ccncn3)C3CC3)CC2)ccc1=O. The minimum Gasteiger partial charge on any atom is -0.355 e. The van der Waals surface area contributed by atoms with Gasteiger partial charge in [0.25, 0.3) is 5.56 Å². The molecule has 7 heteroatoms. The molecule has 0 spiro atoms. The van der Waals surface area contributed by atoms with Crippen molar-refractivity contribution in [3.8, 4) is 0 Å². The minimum atomic E-state index is -0.0719. The number of piperidine rings is 1. The Kier molecular flexibility index (Phi) is 3.92. The molecule has 2 aliphatic rings. The van der Waals surface area contributed by atoms with Gasteiger partial charge in [0.05, 0.1) is 0 Å². The van der Waals surface area contributed by atoms with Crippen LogP contribution < -0.4 is 15.4 Å². The standard InChI is InChI=1S/C17H22N6O/c1-21-17(24)5-4-16(20-21)22-10-7-14(8-11-22)23(13-2-3-13)15-6-9-18-12-19-15/h4-6,9,12-14H,2-3,7-8,10-11H2,1H3. The highest BCUT2D eigenvalue weighted by Crippen LogP contribution is 2.35. The van der Waals surface area contributed by atoms with E-state index in [1.165, 1.54) is 17.5 Å². The number of rotatable bonds is 4. The summed E-state index contributed by atoms with van der Waals surface area (Å²) in [7, 11) is 1.70. The van der Waals surface area contributed by atoms with Crippen LogP contribution in [0.25, 0.3) is 0 Å². The van der Waals surface area contributed by atoms with Gasteiger partial charge in [-0.05, 0) is 37.8 Å². The number of hydrogen-bond acceptors (Lipinski definition) is 6. The van der Waals surface area contributed by atoms with Crippen molar-refractivity contribution in [2.24, 2.45) is 7.05 Å². The van der Waals surface area contributed by atoms with Gasteiger partial charge in [-0.3, -0.25) is 4.79 Å². The molecule has 0 amide bonds. The molecule has 1 aliphatic carbocycles. The van der Waals surface area contributed by atoms with E-state index in [0.29, 0.717) is 12.1 Å². The molecule has 0 N–H and O–H groups in total. The average molecular weight is 326 g/mol. The van der Waals surface area contributed by atoms with Crippen LogP contribution in [0.15, 0.2) is 35.5 Å². The van der Waals surface area contributed by atoms with Crippen LogP contribution in [0.5, 0.6) is 0 Å². The molecule has 7 nitrogen and oxygen atoms in total. The second-order valence-corrected chi connectivity index (χ2v) is 6.58. The number of hydrogen-bond donors (Lipinski definition) is 0. The molecular formula is C17H22N6O. The Labute approximate surface area is 140 Å². The lowest BCUT2D eigenvalue weighted by molar-refractivity contribution is 0.455. The fourth-order valence-corrected chi connectivity index (χ4v) is 3.49. The van der Waals surface area contributed by atoms with E-state index in [-0.39, 0.29) is 5.56 Å². The Morgan fingerprint density at radius 1 is 1.08 bits per heavy atom. The maximum absolute atomic E-state index is 11.5. The van der Waals surface area contributed by atoms with Crippen LogP contribution in [0.4, 0.5) is 11.6 Å². The number of aryl methyl sites for hydroxylation is 1. The van der Waals surface area contributed by atoms with Gasteiger partial charge in [-0.1, -0.05) is 0 Å². The van der Waals surface area contributed by atoms with E-state index < -0.39 is 0 Å². The molecule has 2 fully saturated rings. The van der Waals surface area contributed by atoms with Crippen molar-refractivity contribution >= 4 is 11.6 Å². The highest BCUT2D eigenvalue weighted by atomic mass is 16.1. The third kappa shape index (κ3) is 2.98. The van der Waals surface area contributed by atoms with Crippen LogP contribution in [0, 0.1) is 0 Å². The molecule has 1 saturated heterocycles. The smallest absolute Gasteiger partial charge is 0.266 e. The summed E-state index contributed by atoms with van der Waals surface area (Å²) in [6.07, 6.45) is 8.12. The van der Waals surface area contributed by atoms with Crippen LogP contribution in [0.2, 0.25) is 0 Å². The fourth-order valence-electron chi connectivity index (χ4n) is 3.49. The maximum atomic E-state index is 11.5. The minimum absolute atomic E-state index is 0.0719. The predicted molar refractivity (Wildman–Crippen MR) is 92.2 cm³/mol. The zero-order chi connectivity index (χ0) is 16.5. The molecular weight excluding hydrogens is 304 g/mol. The zero-order valence-corrected chi connectivity index (χ0v) is 13.9. The molecule has 1 saturated carbocycles. The van der Waals surface area contributed by atoms with Gasteiger partial charge in [-0.25, -0.2) is 14.6 Å². The van der Waals surface area contributed by atoms with E-state index in [0.717, 1.165) is 37.6 Å². The van der Waals surface area contributed by atoms with Crippen molar-refractivity contribution < 1.29 is 0 Å². The predicted octanol–water partition coefficient (Wildman–Crippen LogP) is 1.21. The average Bonchev–Trinajstić information content (AvgIpc) is 3.44. The van der Waals surface area contributed by atoms with Gasteiger partial charge < -0.3 is 9.80 Å². The highest BCUT2D eigenvalue weighted by Gasteiger charge is 2.36. The van der Waals surface area contributed by atoms with Gasteiger partial charge in [-0.15, -0.1) is 0 Å². The number of anilines is 2. The normalized spacial score (nSPS) is 18.6. The summed E-state index contributed by atoms with van der Waals surface area (Å²) < 4.78 is 1.40. The Morgan fingerprint density at radius 3 is 2.46 bits per heavy atom. The van der Waals surface area contributed by atoms with Gasteiger partial charge >= 0.3 is 0 Å². The van der Waals surface area contributed by atoms with Crippen LogP contribution >= 0.6 is 0 Å². The quantitative estimate of drug-likeness (QED) is 0.841. The third-order valence-corrected chi connectivity index (χ3v) is 4.90. The summed E-state index contributed by atoms with van der Waals surface area (Å²) in [6, 6.07) is 6.57. The van der Waals surface area contributed by atoms with Gasteiger partial charge in [0.2, 0.25) is 0 Å². The summed E-state index contributed by atoms with van der Waals surface area (Å²) in [6.45, 7) is 1.90. The van der Waals surface area contributed by atoms with Crippen LogP contribution in [0.1, 0.15) is 25.7 Å². The summed E-state index contributed by atoms with van der Waals surface area (Å²) >= 11 is 0. The largest absolute Gasteiger partial charge is 0.355 e. The van der Waals surface area contributed by atoms with Crippen molar-refractivity contribution in [1.82, 2.24) is 19.7 Å². The van der Waals surface area contributed by atoms with Crippen LogP contribution in [-0.2, 0) is 7.05 Å². The molecule has 0 aromatic carbocycles. The topological polar surface area (TPSA) is 67.2 Å². The van der Waals surface area contributed by atoms with Gasteiger partial charge in [0.15, 0.2) is 0 Å². The molecule has 0 unspecified atom stereocenters. The Balaban J connectivity index is 1.47. The van der Waals surface area contributed by atoms with Crippen LogP contribution in [0.3, 0.4) is 0 Å². The zero-order valence-electron chi connectivity index (χ0n) is 13.9. The summed E-state index contributed by atoms with van der Waals surface area (Å²) in [5, 5.41) is 4.37. The molecule has 0 bridgehead atoms. The Hall–Kier alpha value is -2.44. The van der Waals surface area contributed by atoms with Gasteiger partial charge in [0, 0.05) is 44.5 Å². The molecule has 0 atom stereocenters. The lowest BCUT2D eigenvalue weighted by Crippen LogP contribution is -2.47. The van der Waals surface area contributed by atoms with Crippen LogP contribution in [-0.4, -0.2) is 44.9 Å². The summed E-state index contributed by atoms with van der Waals surface area (Å²) in [5.74, 6) is 1.93. The summed E-state index contributed by atoms with van der Waals surface area (Å²) in [4.78, 5) is 24.8. The maximum Gasteiger partial charge on any atom is 0.266 e. The second kappa shape index (κ2) is 6.22. The second-order valence-electron chi connectivity index (χ2n) is 6.58. The van der Waals surface area contributed by atoms with E-state index >= 15 is 0 Å². The van der Waals surface area contributed by atoms with E-state index in [1.807, 2.05) is 18.3 Å². The first-order valence-electron chi connectivity index (χ1n) is 8.56. The highest BCUT2D eigenvalue weighted by molar-refractivity contribution is 5.43. The molecule has 4 rings (SSSR count). The van der Waals surface area contributed by atoms with E-state index in [4.69, 9.17) is 0 Å². The first kappa shape index (κ1) is 15.1. The number of nitrogens with zero attached hydrogens (tertiary/aromatic N) is 6. The lowest BCUT2D eigenvalue weighted by atomic mass is 10.0. The first-order valence-corrected chi connectivity index (χ1v) is 8.56. The van der Waals surface area contributed by atoms with Crippen molar-refractivity contribution in [2.45, 2.75) is 37.8 Å². The van der Waals surface area contributed by atoms with Crippen molar-refractivity contribution in [2.75, 3.05) is 22.9 Å². The molecule has 1 aliphatic heterocycles. The fraction of sp³-hybridized carbons (Fsp3) is 0.529. The third-order valence-electron chi connectivity index (χ3n) is 4.90. The first-order chi connectivity index (χ1) is 11.7. The Bertz CT molecular complexity index is 749. The van der Waals surface area contributed by atoms with Crippen molar-refractivity contribution in [3.63, 3.8) is 0 Å².